The van der Waals surface area contributed by atoms with Crippen LogP contribution in [0.5, 0.6) is 0 Å². The first-order chi connectivity index (χ1) is 15.0. The Morgan fingerprint density at radius 1 is 1.06 bits per heavy atom. The molecular formula is C26H33N3O2. The third-order valence-corrected chi connectivity index (χ3v) is 6.46. The average Bonchev–Trinajstić information content (AvgIpc) is 3.50. The van der Waals surface area contributed by atoms with Gasteiger partial charge in [0, 0.05) is 36.8 Å². The van der Waals surface area contributed by atoms with E-state index in [0.29, 0.717) is 23.7 Å². The van der Waals surface area contributed by atoms with Gasteiger partial charge in [-0.3, -0.25) is 14.5 Å². The molecule has 1 heterocycles. The highest BCUT2D eigenvalue weighted by Crippen LogP contribution is 2.38. The summed E-state index contributed by atoms with van der Waals surface area (Å²) in [5, 5.41) is 5.91. The number of nitrogens with zero attached hydrogens (tertiary/aromatic N) is 1. The van der Waals surface area contributed by atoms with E-state index < -0.39 is 0 Å². The second kappa shape index (κ2) is 9.65. The van der Waals surface area contributed by atoms with Crippen LogP contribution in [0, 0.1) is 17.8 Å². The van der Waals surface area contributed by atoms with Gasteiger partial charge in [-0.2, -0.15) is 0 Å². The van der Waals surface area contributed by atoms with E-state index in [1.165, 1.54) is 31.5 Å². The summed E-state index contributed by atoms with van der Waals surface area (Å²) in [6, 6.07) is 15.6. The number of nitrogens with one attached hydrogen (secondary N) is 2. The van der Waals surface area contributed by atoms with E-state index in [0.717, 1.165) is 24.4 Å². The van der Waals surface area contributed by atoms with Gasteiger partial charge < -0.3 is 10.6 Å². The van der Waals surface area contributed by atoms with Crippen molar-refractivity contribution in [2.45, 2.75) is 46.2 Å². The van der Waals surface area contributed by atoms with Crippen molar-refractivity contribution in [3.63, 3.8) is 0 Å². The van der Waals surface area contributed by atoms with Crippen molar-refractivity contribution < 1.29 is 9.59 Å². The topological polar surface area (TPSA) is 61.4 Å². The molecule has 31 heavy (non-hydrogen) atoms. The molecule has 1 aliphatic heterocycles. The summed E-state index contributed by atoms with van der Waals surface area (Å²) in [7, 11) is 0. The number of rotatable bonds is 7. The number of carbonyl (C=O) groups excluding carboxylic acids is 2. The Balaban J connectivity index is 1.27. The maximum Gasteiger partial charge on any atom is 0.251 e. The molecule has 3 atom stereocenters. The van der Waals surface area contributed by atoms with Gasteiger partial charge >= 0.3 is 0 Å². The maximum atomic E-state index is 12.6. The summed E-state index contributed by atoms with van der Waals surface area (Å²) >= 11 is 0. The predicted molar refractivity (Wildman–Crippen MR) is 124 cm³/mol. The Hall–Kier alpha value is -2.66. The van der Waals surface area contributed by atoms with Crippen molar-refractivity contribution in [1.82, 2.24) is 10.2 Å². The van der Waals surface area contributed by atoms with Crippen LogP contribution >= 0.6 is 0 Å². The first-order valence-electron chi connectivity index (χ1n) is 11.5. The molecule has 2 N–H and O–H groups in total. The van der Waals surface area contributed by atoms with E-state index >= 15 is 0 Å². The van der Waals surface area contributed by atoms with Crippen molar-refractivity contribution in [2.75, 3.05) is 18.4 Å². The van der Waals surface area contributed by atoms with Gasteiger partial charge in [0.2, 0.25) is 5.91 Å². The highest BCUT2D eigenvalue weighted by atomic mass is 16.2. The normalized spacial score (nSPS) is 23.2. The Bertz CT molecular complexity index is 925. The molecular weight excluding hydrogens is 386 g/mol. The second-order valence-electron chi connectivity index (χ2n) is 9.37. The van der Waals surface area contributed by atoms with Gasteiger partial charge in [-0.1, -0.05) is 44.2 Å². The van der Waals surface area contributed by atoms with Gasteiger partial charge in [0.15, 0.2) is 0 Å². The number of carbonyl (C=O) groups is 2. The fourth-order valence-corrected chi connectivity index (χ4v) is 4.40. The van der Waals surface area contributed by atoms with Crippen LogP contribution in [-0.4, -0.2) is 29.8 Å². The largest absolute Gasteiger partial charge is 0.348 e. The maximum absolute atomic E-state index is 12.6. The minimum absolute atomic E-state index is 0.0455. The zero-order valence-electron chi connectivity index (χ0n) is 18.6. The minimum atomic E-state index is -0.137. The summed E-state index contributed by atoms with van der Waals surface area (Å²) in [6.45, 7) is 8.24. The standard InChI is InChI=1S/C26H33N3O2/c1-18-5-4-12-29(16-18)17-21-10-8-20(9-11-21)15-27-25(30)22-6-3-7-23(14-22)28-26(31)24-13-19(24)2/h3,6-11,14,18-19,24H,4-5,12-13,15-17H2,1-2H3,(H,27,30)(H,28,31). The van der Waals surface area contributed by atoms with E-state index in [2.05, 4.69) is 53.6 Å². The van der Waals surface area contributed by atoms with Crippen molar-refractivity contribution in [3.05, 3.63) is 65.2 Å². The first-order valence-corrected chi connectivity index (χ1v) is 11.5. The van der Waals surface area contributed by atoms with Gasteiger partial charge in [-0.15, -0.1) is 0 Å². The Kier molecular flexibility index (Phi) is 6.71. The van der Waals surface area contributed by atoms with E-state index in [1.54, 1.807) is 18.2 Å². The van der Waals surface area contributed by atoms with Crippen LogP contribution in [0.2, 0.25) is 0 Å². The van der Waals surface area contributed by atoms with Gasteiger partial charge in [-0.05, 0) is 67.0 Å². The van der Waals surface area contributed by atoms with Crippen LogP contribution in [0.4, 0.5) is 5.69 Å². The van der Waals surface area contributed by atoms with Crippen LogP contribution in [0.1, 0.15) is 54.6 Å². The smallest absolute Gasteiger partial charge is 0.251 e. The molecule has 4 rings (SSSR count). The molecule has 0 bridgehead atoms. The fourth-order valence-electron chi connectivity index (χ4n) is 4.40. The molecule has 0 spiro atoms. The fraction of sp³-hybridized carbons (Fsp3) is 0.462. The summed E-state index contributed by atoms with van der Waals surface area (Å²) in [5.74, 6) is 1.26. The van der Waals surface area contributed by atoms with Gasteiger partial charge in [0.05, 0.1) is 0 Å². The highest BCUT2D eigenvalue weighted by Gasteiger charge is 2.39. The molecule has 2 aromatic carbocycles. The Morgan fingerprint density at radius 2 is 1.81 bits per heavy atom. The van der Waals surface area contributed by atoms with Crippen LogP contribution in [-0.2, 0) is 17.9 Å². The lowest BCUT2D eigenvalue weighted by atomic mass is 9.99. The molecule has 5 heteroatoms. The zero-order valence-corrected chi connectivity index (χ0v) is 18.6. The Morgan fingerprint density at radius 3 is 2.52 bits per heavy atom. The number of anilines is 1. The number of hydrogen-bond acceptors (Lipinski definition) is 3. The highest BCUT2D eigenvalue weighted by molar-refractivity contribution is 5.98. The number of hydrogen-bond donors (Lipinski definition) is 2. The van der Waals surface area contributed by atoms with Crippen LogP contribution in [0.15, 0.2) is 48.5 Å². The third-order valence-electron chi connectivity index (χ3n) is 6.46. The molecule has 164 valence electrons. The van der Waals surface area contributed by atoms with Crippen LogP contribution in [0.3, 0.4) is 0 Å². The lowest BCUT2D eigenvalue weighted by Gasteiger charge is -2.30. The van der Waals surface area contributed by atoms with E-state index in [-0.39, 0.29) is 17.7 Å². The molecule has 5 nitrogen and oxygen atoms in total. The summed E-state index contributed by atoms with van der Waals surface area (Å²) in [5.41, 5.74) is 3.62. The second-order valence-corrected chi connectivity index (χ2v) is 9.37. The number of amides is 2. The van der Waals surface area contributed by atoms with Gasteiger partial charge in [0.25, 0.3) is 5.91 Å². The summed E-state index contributed by atoms with van der Waals surface area (Å²) < 4.78 is 0. The van der Waals surface area contributed by atoms with Crippen LogP contribution in [0.25, 0.3) is 0 Å². The molecule has 2 aliphatic rings. The van der Waals surface area contributed by atoms with Gasteiger partial charge in [-0.25, -0.2) is 0 Å². The van der Waals surface area contributed by atoms with Crippen molar-refractivity contribution >= 4 is 17.5 Å². The molecule has 2 aromatic rings. The Labute approximate surface area is 185 Å². The van der Waals surface area contributed by atoms with E-state index in [4.69, 9.17) is 0 Å². The summed E-state index contributed by atoms with van der Waals surface area (Å²) in [6.07, 6.45) is 3.57. The summed E-state index contributed by atoms with van der Waals surface area (Å²) in [4.78, 5) is 27.2. The number of benzene rings is 2. The molecule has 0 radical (unpaired) electrons. The predicted octanol–water partition coefficient (Wildman–Crippen LogP) is 4.44. The molecule has 0 aromatic heterocycles. The molecule has 2 amide bonds. The molecule has 1 saturated carbocycles. The molecule has 3 unspecified atom stereocenters. The van der Waals surface area contributed by atoms with Crippen molar-refractivity contribution in [3.8, 4) is 0 Å². The molecule has 1 aliphatic carbocycles. The van der Waals surface area contributed by atoms with E-state index in [1.807, 2.05) is 6.07 Å². The monoisotopic (exact) mass is 419 g/mol. The first kappa shape index (κ1) is 21.6. The van der Waals surface area contributed by atoms with Crippen LogP contribution < -0.4 is 10.6 Å². The lowest BCUT2D eigenvalue weighted by molar-refractivity contribution is -0.117. The average molecular weight is 420 g/mol. The van der Waals surface area contributed by atoms with Crippen molar-refractivity contribution in [1.29, 1.82) is 0 Å². The number of piperidine rings is 1. The van der Waals surface area contributed by atoms with Gasteiger partial charge in [0.1, 0.15) is 0 Å². The third kappa shape index (κ3) is 5.95. The SMILES string of the molecule is CC1CCCN(Cc2ccc(CNC(=O)c3cccc(NC(=O)C4CC4C)c3)cc2)C1. The zero-order chi connectivity index (χ0) is 21.8. The lowest BCUT2D eigenvalue weighted by Crippen LogP contribution is -2.33. The molecule has 1 saturated heterocycles. The van der Waals surface area contributed by atoms with Crippen molar-refractivity contribution in [2.24, 2.45) is 17.8 Å². The number of likely N-dealkylation sites (tertiary alicyclic amines) is 1. The molecule has 2 fully saturated rings. The van der Waals surface area contributed by atoms with E-state index in [9.17, 15) is 9.59 Å². The minimum Gasteiger partial charge on any atom is -0.348 e. The quantitative estimate of drug-likeness (QED) is 0.697.